The lowest BCUT2D eigenvalue weighted by atomic mass is 10.1. The van der Waals surface area contributed by atoms with Gasteiger partial charge in [0.1, 0.15) is 5.75 Å². The van der Waals surface area contributed by atoms with Crippen molar-refractivity contribution >= 4 is 0 Å². The fraction of sp³-hybridized carbons (Fsp3) is 0.176. The number of methoxy groups -OCH3 is 1. The van der Waals surface area contributed by atoms with E-state index < -0.39 is 6.04 Å². The smallest absolute Gasteiger partial charge is 0.261 e. The average molecular weight is 310 g/mol. The first kappa shape index (κ1) is 15.2. The van der Waals surface area contributed by atoms with E-state index in [0.29, 0.717) is 29.6 Å². The first-order valence-electron chi connectivity index (χ1n) is 7.24. The zero-order valence-electron chi connectivity index (χ0n) is 12.8. The molecule has 1 atom stereocenters. The number of nitrogens with two attached hydrogens (primary N) is 2. The van der Waals surface area contributed by atoms with Crippen molar-refractivity contribution in [1.29, 1.82) is 0 Å². The van der Waals surface area contributed by atoms with E-state index in [4.69, 9.17) is 20.7 Å². The molecule has 0 aliphatic heterocycles. The predicted molar refractivity (Wildman–Crippen MR) is 86.6 cm³/mol. The number of ether oxygens (including phenoxy) is 1. The molecule has 4 N–H and O–H groups in total. The molecule has 3 rings (SSSR count). The second-order valence-corrected chi connectivity index (χ2v) is 5.08. The Labute approximate surface area is 134 Å². The van der Waals surface area contributed by atoms with Crippen molar-refractivity contribution in [3.63, 3.8) is 0 Å². The number of benzene rings is 2. The van der Waals surface area contributed by atoms with Gasteiger partial charge in [-0.25, -0.2) is 0 Å². The third-order valence-corrected chi connectivity index (χ3v) is 3.61. The van der Waals surface area contributed by atoms with E-state index in [9.17, 15) is 0 Å². The first-order chi connectivity index (χ1) is 11.2. The van der Waals surface area contributed by atoms with Gasteiger partial charge in [-0.05, 0) is 23.3 Å². The molecule has 0 aliphatic carbocycles. The van der Waals surface area contributed by atoms with Crippen molar-refractivity contribution in [2.75, 3.05) is 7.11 Å². The quantitative estimate of drug-likeness (QED) is 0.749. The number of rotatable bonds is 5. The lowest BCUT2D eigenvalue weighted by molar-refractivity contribution is 0.401. The normalized spacial score (nSPS) is 12.1. The lowest BCUT2D eigenvalue weighted by Gasteiger charge is -2.07. The molecule has 0 fully saturated rings. The minimum atomic E-state index is -0.447. The summed E-state index contributed by atoms with van der Waals surface area (Å²) >= 11 is 0. The van der Waals surface area contributed by atoms with E-state index in [1.54, 1.807) is 7.11 Å². The fourth-order valence-electron chi connectivity index (χ4n) is 2.33. The van der Waals surface area contributed by atoms with E-state index in [2.05, 4.69) is 10.1 Å². The Morgan fingerprint density at radius 3 is 2.65 bits per heavy atom. The molecule has 0 bridgehead atoms. The van der Waals surface area contributed by atoms with Crippen molar-refractivity contribution < 1.29 is 9.26 Å². The second-order valence-electron chi connectivity index (χ2n) is 5.08. The van der Waals surface area contributed by atoms with Crippen LogP contribution in [0.2, 0.25) is 0 Å². The van der Waals surface area contributed by atoms with E-state index >= 15 is 0 Å². The molecule has 0 aliphatic rings. The van der Waals surface area contributed by atoms with E-state index in [1.165, 1.54) is 0 Å². The van der Waals surface area contributed by atoms with E-state index in [-0.39, 0.29) is 0 Å². The van der Waals surface area contributed by atoms with Gasteiger partial charge in [0.15, 0.2) is 5.82 Å². The van der Waals surface area contributed by atoms with Crippen LogP contribution in [0.5, 0.6) is 5.75 Å². The van der Waals surface area contributed by atoms with Gasteiger partial charge in [0.05, 0.1) is 18.7 Å². The highest BCUT2D eigenvalue weighted by Gasteiger charge is 2.19. The minimum absolute atomic E-state index is 0.360. The van der Waals surface area contributed by atoms with Crippen LogP contribution >= 0.6 is 0 Å². The summed E-state index contributed by atoms with van der Waals surface area (Å²) in [4.78, 5) is 4.42. The van der Waals surface area contributed by atoms with Gasteiger partial charge in [0.2, 0.25) is 0 Å². The zero-order valence-corrected chi connectivity index (χ0v) is 12.8. The van der Waals surface area contributed by atoms with Crippen molar-refractivity contribution in [2.45, 2.75) is 12.6 Å². The van der Waals surface area contributed by atoms with Crippen LogP contribution in [0.15, 0.2) is 53.1 Å². The maximum atomic E-state index is 6.20. The van der Waals surface area contributed by atoms with Gasteiger partial charge in [0, 0.05) is 6.54 Å². The van der Waals surface area contributed by atoms with Crippen LogP contribution in [-0.2, 0) is 6.54 Å². The highest BCUT2D eigenvalue weighted by Crippen LogP contribution is 2.30. The monoisotopic (exact) mass is 310 g/mol. The maximum Gasteiger partial charge on any atom is 0.261 e. The molecular weight excluding hydrogens is 292 g/mol. The summed E-state index contributed by atoms with van der Waals surface area (Å²) in [5, 5.41) is 4.00. The molecule has 0 amide bonds. The van der Waals surface area contributed by atoms with Crippen LogP contribution in [0.3, 0.4) is 0 Å². The van der Waals surface area contributed by atoms with Crippen molar-refractivity contribution in [3.8, 4) is 17.2 Å². The Morgan fingerprint density at radius 1 is 1.17 bits per heavy atom. The Morgan fingerprint density at radius 2 is 1.96 bits per heavy atom. The molecule has 23 heavy (non-hydrogen) atoms. The highest BCUT2D eigenvalue weighted by molar-refractivity contribution is 5.63. The van der Waals surface area contributed by atoms with Gasteiger partial charge in [-0.3, -0.25) is 0 Å². The second kappa shape index (κ2) is 6.60. The summed E-state index contributed by atoms with van der Waals surface area (Å²) in [7, 11) is 1.59. The Balaban J connectivity index is 1.96. The van der Waals surface area contributed by atoms with E-state index in [1.807, 2.05) is 48.5 Å². The molecule has 3 aromatic rings. The molecule has 2 aromatic carbocycles. The summed E-state index contributed by atoms with van der Waals surface area (Å²) in [6, 6.07) is 14.8. The van der Waals surface area contributed by atoms with Crippen LogP contribution in [0.4, 0.5) is 0 Å². The topological polar surface area (TPSA) is 100 Å². The predicted octanol–water partition coefficient (Wildman–Crippen LogP) is 2.25. The van der Waals surface area contributed by atoms with Gasteiger partial charge in [-0.15, -0.1) is 0 Å². The summed E-state index contributed by atoms with van der Waals surface area (Å²) < 4.78 is 10.7. The van der Waals surface area contributed by atoms with Crippen LogP contribution in [0, 0.1) is 0 Å². The Hall–Kier alpha value is -2.70. The molecule has 118 valence electrons. The molecule has 0 saturated heterocycles. The highest BCUT2D eigenvalue weighted by atomic mass is 16.5. The van der Waals surface area contributed by atoms with Gasteiger partial charge >= 0.3 is 0 Å². The summed E-state index contributed by atoms with van der Waals surface area (Å²) in [6.07, 6.45) is 0. The first-order valence-corrected chi connectivity index (χ1v) is 7.24. The van der Waals surface area contributed by atoms with Crippen LogP contribution < -0.4 is 16.2 Å². The molecule has 0 radical (unpaired) electrons. The largest absolute Gasteiger partial charge is 0.496 e. The molecular formula is C17H18N4O2. The number of aromatic nitrogens is 2. The Bertz CT molecular complexity index is 786. The molecule has 1 unspecified atom stereocenters. The molecule has 6 heteroatoms. The van der Waals surface area contributed by atoms with Crippen LogP contribution in [-0.4, -0.2) is 17.3 Å². The van der Waals surface area contributed by atoms with E-state index in [0.717, 1.165) is 11.1 Å². The zero-order chi connectivity index (χ0) is 16.2. The number of hydrogen-bond acceptors (Lipinski definition) is 6. The SMILES string of the molecule is COc1ccc(CN)cc1-c1nc(C(N)c2ccccc2)no1. The lowest BCUT2D eigenvalue weighted by Crippen LogP contribution is -2.13. The average Bonchev–Trinajstić information content (AvgIpc) is 3.11. The number of hydrogen-bond donors (Lipinski definition) is 2. The van der Waals surface area contributed by atoms with Gasteiger partial charge < -0.3 is 20.7 Å². The molecule has 0 saturated carbocycles. The van der Waals surface area contributed by atoms with Crippen LogP contribution in [0.25, 0.3) is 11.5 Å². The Kier molecular flexibility index (Phi) is 4.36. The standard InChI is InChI=1S/C17H18N4O2/c1-22-14-8-7-11(10-18)9-13(14)17-20-16(21-23-17)15(19)12-5-3-2-4-6-12/h2-9,15H,10,18-19H2,1H3. The summed E-state index contributed by atoms with van der Waals surface area (Å²) in [6.45, 7) is 0.418. The molecule has 1 heterocycles. The van der Waals surface area contributed by atoms with Crippen molar-refractivity contribution in [3.05, 3.63) is 65.5 Å². The third-order valence-electron chi connectivity index (χ3n) is 3.61. The fourth-order valence-corrected chi connectivity index (χ4v) is 2.33. The molecule has 6 nitrogen and oxygen atoms in total. The van der Waals surface area contributed by atoms with Crippen molar-refractivity contribution in [2.24, 2.45) is 11.5 Å². The maximum absolute atomic E-state index is 6.20. The van der Waals surface area contributed by atoms with Crippen molar-refractivity contribution in [1.82, 2.24) is 10.1 Å². The molecule has 0 spiro atoms. The van der Waals surface area contributed by atoms with Gasteiger partial charge in [0.25, 0.3) is 5.89 Å². The minimum Gasteiger partial charge on any atom is -0.496 e. The summed E-state index contributed by atoms with van der Waals surface area (Å²) in [5.41, 5.74) is 14.5. The van der Waals surface area contributed by atoms with Crippen LogP contribution in [0.1, 0.15) is 23.0 Å². The van der Waals surface area contributed by atoms with Gasteiger partial charge in [-0.2, -0.15) is 4.98 Å². The number of nitrogens with zero attached hydrogens (tertiary/aromatic N) is 2. The third kappa shape index (κ3) is 3.08. The van der Waals surface area contributed by atoms with Gasteiger partial charge in [-0.1, -0.05) is 41.6 Å². The molecule has 1 aromatic heterocycles. The summed E-state index contributed by atoms with van der Waals surface area (Å²) in [5.74, 6) is 1.43.